The van der Waals surface area contributed by atoms with Crippen molar-refractivity contribution in [3.05, 3.63) is 58.5 Å². The van der Waals surface area contributed by atoms with E-state index in [0.717, 1.165) is 58.6 Å². The average molecular weight is 585 g/mol. The number of fused-ring (bicyclic) bond motifs is 2. The number of ether oxygens (including phenoxy) is 1. The highest BCUT2D eigenvalue weighted by atomic mass is 32.2. The molecule has 40 heavy (non-hydrogen) atoms. The van der Waals surface area contributed by atoms with Gasteiger partial charge in [0.1, 0.15) is 38.1 Å². The second kappa shape index (κ2) is 10.3. The number of amides is 1. The lowest BCUT2D eigenvalue weighted by molar-refractivity contribution is -0.929. The predicted octanol–water partition coefficient (Wildman–Crippen LogP) is 2.69. The Labute approximate surface area is 241 Å². The Hall–Kier alpha value is -2.70. The number of rotatable bonds is 8. The van der Waals surface area contributed by atoms with Crippen LogP contribution in [0.3, 0.4) is 0 Å². The molecule has 4 atom stereocenters. The normalized spacial score (nSPS) is 24.9. The lowest BCUT2D eigenvalue weighted by Crippen LogP contribution is -2.63. The van der Waals surface area contributed by atoms with Gasteiger partial charge in [-0.1, -0.05) is 54.3 Å². The van der Waals surface area contributed by atoms with E-state index in [9.17, 15) is 19.8 Å². The predicted molar refractivity (Wildman–Crippen MR) is 153 cm³/mol. The van der Waals surface area contributed by atoms with Crippen molar-refractivity contribution in [2.45, 2.75) is 44.1 Å². The van der Waals surface area contributed by atoms with Gasteiger partial charge in [-0.25, -0.2) is 9.36 Å². The van der Waals surface area contributed by atoms with Gasteiger partial charge in [0.25, 0.3) is 6.33 Å². The van der Waals surface area contributed by atoms with Gasteiger partial charge in [0.15, 0.2) is 0 Å². The minimum atomic E-state index is -1.10. The van der Waals surface area contributed by atoms with E-state index in [1.165, 1.54) is 16.0 Å². The van der Waals surface area contributed by atoms with Crippen molar-refractivity contribution >= 4 is 45.4 Å². The first kappa shape index (κ1) is 27.5. The van der Waals surface area contributed by atoms with Crippen LogP contribution < -0.4 is 4.57 Å². The van der Waals surface area contributed by atoms with E-state index in [4.69, 9.17) is 4.74 Å². The number of carboxylic acid groups (broad SMARTS) is 1. The number of imidazole rings is 1. The summed E-state index contributed by atoms with van der Waals surface area (Å²) in [5, 5.41) is 21.4. The van der Waals surface area contributed by atoms with Crippen LogP contribution in [0.4, 0.5) is 0 Å². The minimum Gasteiger partial charge on any atom is -0.477 e. The molecule has 6 rings (SSSR count). The third-order valence-corrected chi connectivity index (χ3v) is 10.9. The average Bonchev–Trinajstić information content (AvgIpc) is 3.52. The number of β-lactam (4-membered cyclic amide) rings is 1. The van der Waals surface area contributed by atoms with Gasteiger partial charge < -0.3 is 24.3 Å². The molecule has 1 amide bonds. The number of carboxylic acids is 1. The number of carbonyl (C=O) groups excluding carboxylic acids is 1. The van der Waals surface area contributed by atoms with Crippen LogP contribution >= 0.6 is 23.1 Å². The van der Waals surface area contributed by atoms with E-state index in [1.54, 1.807) is 30.0 Å². The Balaban J connectivity index is 1.33. The zero-order valence-corrected chi connectivity index (χ0v) is 24.9. The second-order valence-corrected chi connectivity index (χ2v) is 13.3. The van der Waals surface area contributed by atoms with Crippen molar-refractivity contribution in [1.29, 1.82) is 0 Å². The number of nitrogens with zero attached hydrogens (tertiary/aromatic N) is 4. The molecule has 0 unspecified atom stereocenters. The van der Waals surface area contributed by atoms with Crippen molar-refractivity contribution in [3.8, 4) is 0 Å². The number of benzene rings is 1. The number of hydrogen-bond donors (Lipinski definition) is 2. The molecule has 2 N–H and O–H groups in total. The van der Waals surface area contributed by atoms with Gasteiger partial charge >= 0.3 is 5.97 Å². The van der Waals surface area contributed by atoms with Crippen LogP contribution in [0, 0.1) is 11.8 Å². The smallest absolute Gasteiger partial charge is 0.352 e. The number of likely N-dealkylation sites (N-methyl/N-ethyl adjacent to an activating group) is 1. The van der Waals surface area contributed by atoms with Crippen LogP contribution in [0.5, 0.6) is 0 Å². The zero-order chi connectivity index (χ0) is 28.3. The van der Waals surface area contributed by atoms with Gasteiger partial charge in [-0.05, 0) is 13.2 Å². The molecule has 0 bridgehead atoms. The Morgan fingerprint density at radius 3 is 2.62 bits per heavy atom. The van der Waals surface area contributed by atoms with E-state index in [2.05, 4.69) is 52.9 Å². The van der Waals surface area contributed by atoms with Gasteiger partial charge in [-0.15, -0.1) is 0 Å². The van der Waals surface area contributed by atoms with E-state index in [0.29, 0.717) is 5.57 Å². The lowest BCUT2D eigenvalue weighted by Gasteiger charge is -2.46. The maximum Gasteiger partial charge on any atom is 0.352 e. The maximum absolute atomic E-state index is 12.8. The number of thiazole rings is 1. The molecule has 2 aromatic heterocycles. The van der Waals surface area contributed by atoms with Crippen LogP contribution in [0.1, 0.15) is 29.9 Å². The molecule has 3 aromatic rings. The van der Waals surface area contributed by atoms with Crippen LogP contribution in [0.2, 0.25) is 0 Å². The number of aromatic nitrogens is 2. The molecule has 0 spiro atoms. The summed E-state index contributed by atoms with van der Waals surface area (Å²) in [5.41, 5.74) is 3.37. The van der Waals surface area contributed by atoms with Crippen LogP contribution in [-0.2, 0) is 27.4 Å². The highest BCUT2D eigenvalue weighted by Crippen LogP contribution is 2.51. The quantitative estimate of drug-likeness (QED) is 0.183. The number of carbonyl (C=O) groups is 2. The SMILES string of the molecule is CSc1c2sc(C3=C(C(=O)O)N4C(=O)[C@H]([C@@H](C)O)[C@H]4[C@H]3C)cn2c[n+]1Cc1ccccc1C[N+]1(C)CCOCC1. The lowest BCUT2D eigenvalue weighted by atomic mass is 9.77. The van der Waals surface area contributed by atoms with Crippen LogP contribution in [0.25, 0.3) is 10.4 Å². The summed E-state index contributed by atoms with van der Waals surface area (Å²) >= 11 is 3.24. The number of morpholine rings is 1. The first-order valence-electron chi connectivity index (χ1n) is 13.7. The summed E-state index contributed by atoms with van der Waals surface area (Å²) in [6, 6.07) is 8.33. The Morgan fingerprint density at radius 1 is 1.27 bits per heavy atom. The molecule has 9 nitrogen and oxygen atoms in total. The number of hydrogen-bond acceptors (Lipinski definition) is 6. The summed E-state index contributed by atoms with van der Waals surface area (Å²) < 4.78 is 10.9. The monoisotopic (exact) mass is 584 g/mol. The summed E-state index contributed by atoms with van der Waals surface area (Å²) in [4.78, 5) is 28.4. The van der Waals surface area contributed by atoms with E-state index < -0.39 is 18.0 Å². The summed E-state index contributed by atoms with van der Waals surface area (Å²) in [7, 11) is 2.31. The minimum absolute atomic E-state index is 0.0520. The molecule has 212 valence electrons. The van der Waals surface area contributed by atoms with Crippen molar-refractivity contribution in [3.63, 3.8) is 0 Å². The molecule has 1 aromatic carbocycles. The summed E-state index contributed by atoms with van der Waals surface area (Å²) in [6.07, 6.45) is 5.32. The van der Waals surface area contributed by atoms with Crippen molar-refractivity contribution in [2.75, 3.05) is 39.6 Å². The molecule has 0 aliphatic carbocycles. The third-order valence-electron chi connectivity index (χ3n) is 8.80. The van der Waals surface area contributed by atoms with Gasteiger partial charge in [-0.2, -0.15) is 4.40 Å². The fraction of sp³-hybridized carbons (Fsp3) is 0.483. The standard InChI is InChI=1S/C29H35N4O5S2/c1-17-22(25(29(36)37)32-24(17)23(18(2)34)26(32)35)21-14-31-16-30(27(39-4)28(31)40-21)13-19-7-5-6-8-20(19)15-33(3)9-11-38-12-10-33/h5-8,14,16-18,23-24,34H,9-13,15H2,1-4H3/q+1/p+1/t17-,18+,23+,24+/m0/s1. The second-order valence-electron chi connectivity index (χ2n) is 11.5. The maximum atomic E-state index is 12.8. The molecule has 2 saturated heterocycles. The van der Waals surface area contributed by atoms with Gasteiger partial charge in [0, 0.05) is 22.6 Å². The molecular weight excluding hydrogens is 548 g/mol. The first-order chi connectivity index (χ1) is 19.1. The number of aliphatic hydroxyl groups is 1. The summed E-state index contributed by atoms with van der Waals surface area (Å²) in [6.45, 7) is 8.89. The molecule has 11 heteroatoms. The largest absolute Gasteiger partial charge is 0.477 e. The number of thioether (sulfide) groups is 1. The Kier molecular flexibility index (Phi) is 7.07. The van der Waals surface area contributed by atoms with Crippen molar-refractivity contribution in [2.24, 2.45) is 11.8 Å². The fourth-order valence-electron chi connectivity index (χ4n) is 6.67. The molecule has 2 fully saturated rings. The zero-order valence-electron chi connectivity index (χ0n) is 23.2. The topological polar surface area (TPSA) is 95.4 Å². The van der Waals surface area contributed by atoms with Crippen LogP contribution in [-0.4, -0.2) is 87.6 Å². The third kappa shape index (κ3) is 4.39. The highest BCUT2D eigenvalue weighted by molar-refractivity contribution is 7.98. The number of aliphatic hydroxyl groups excluding tert-OH is 1. The van der Waals surface area contributed by atoms with E-state index in [-0.39, 0.29) is 23.6 Å². The van der Waals surface area contributed by atoms with Gasteiger partial charge in [0.05, 0.1) is 43.2 Å². The summed E-state index contributed by atoms with van der Waals surface area (Å²) in [5.74, 6) is -2.17. The molecule has 3 aliphatic heterocycles. The van der Waals surface area contributed by atoms with Crippen molar-refractivity contribution < 1.29 is 33.6 Å². The number of aliphatic carboxylic acids is 1. The number of quaternary nitrogens is 1. The molecule has 0 radical (unpaired) electrons. The first-order valence-corrected chi connectivity index (χ1v) is 15.7. The Morgan fingerprint density at radius 2 is 1.98 bits per heavy atom. The highest BCUT2D eigenvalue weighted by Gasteiger charge is 2.60. The van der Waals surface area contributed by atoms with E-state index in [1.807, 2.05) is 13.1 Å². The molecular formula is C29H36N4O5S2+2. The van der Waals surface area contributed by atoms with Gasteiger partial charge in [0.2, 0.25) is 15.8 Å². The van der Waals surface area contributed by atoms with Crippen LogP contribution in [0.15, 0.2) is 47.5 Å². The molecule has 3 aliphatic rings. The molecule has 0 saturated carbocycles. The molecule has 5 heterocycles. The fourth-order valence-corrected chi connectivity index (χ4v) is 8.85. The van der Waals surface area contributed by atoms with Gasteiger partial charge in [-0.3, -0.25) is 4.79 Å². The van der Waals surface area contributed by atoms with E-state index >= 15 is 0 Å². The Bertz CT molecular complexity index is 1520. The van der Waals surface area contributed by atoms with Crippen molar-refractivity contribution in [1.82, 2.24) is 9.30 Å².